The van der Waals surface area contributed by atoms with Crippen LogP contribution in [0.15, 0.2) is 41.2 Å². The fourth-order valence-corrected chi connectivity index (χ4v) is 2.24. The Bertz CT molecular complexity index is 748. The molecule has 0 spiro atoms. The van der Waals surface area contributed by atoms with Crippen LogP contribution in [0.4, 0.5) is 0 Å². The molecule has 1 N–H and O–H groups in total. The SMILES string of the molecule is CCOc1ccc(-c2ccc(=O)n(CC(=O)NC3CC3)n2)cc1. The molecule has 1 aromatic heterocycles. The first-order chi connectivity index (χ1) is 11.2. The first-order valence-electron chi connectivity index (χ1n) is 7.76. The Morgan fingerprint density at radius 1 is 1.26 bits per heavy atom. The molecule has 0 unspecified atom stereocenters. The molecule has 0 atom stereocenters. The maximum absolute atomic E-state index is 11.9. The highest BCUT2D eigenvalue weighted by Crippen LogP contribution is 2.20. The van der Waals surface area contributed by atoms with Gasteiger partial charge in [-0.1, -0.05) is 0 Å². The fraction of sp³-hybridized carbons (Fsp3) is 0.353. The molecule has 0 aliphatic heterocycles. The Balaban J connectivity index is 1.78. The van der Waals surface area contributed by atoms with Gasteiger partial charge in [0.15, 0.2) is 0 Å². The quantitative estimate of drug-likeness (QED) is 0.879. The Morgan fingerprint density at radius 3 is 2.65 bits per heavy atom. The molecule has 0 radical (unpaired) electrons. The van der Waals surface area contributed by atoms with E-state index < -0.39 is 0 Å². The third-order valence-corrected chi connectivity index (χ3v) is 3.56. The molecule has 23 heavy (non-hydrogen) atoms. The lowest BCUT2D eigenvalue weighted by Crippen LogP contribution is -2.34. The minimum absolute atomic E-state index is 0.0554. The average Bonchev–Trinajstić information content (AvgIpc) is 3.34. The van der Waals surface area contributed by atoms with E-state index in [0.29, 0.717) is 12.3 Å². The normalized spacial score (nSPS) is 13.6. The third kappa shape index (κ3) is 3.97. The van der Waals surface area contributed by atoms with E-state index in [1.165, 1.54) is 10.7 Å². The van der Waals surface area contributed by atoms with Crippen molar-refractivity contribution in [3.63, 3.8) is 0 Å². The molecular weight excluding hydrogens is 294 g/mol. The number of aromatic nitrogens is 2. The van der Waals surface area contributed by atoms with Crippen molar-refractivity contribution in [3.8, 4) is 17.0 Å². The van der Waals surface area contributed by atoms with Gasteiger partial charge in [-0.15, -0.1) is 0 Å². The first-order valence-corrected chi connectivity index (χ1v) is 7.76. The minimum atomic E-state index is -0.286. The molecule has 3 rings (SSSR count). The van der Waals surface area contributed by atoms with Crippen LogP contribution in [0.2, 0.25) is 0 Å². The van der Waals surface area contributed by atoms with Gasteiger partial charge in [-0.3, -0.25) is 9.59 Å². The van der Waals surface area contributed by atoms with Gasteiger partial charge in [0.1, 0.15) is 12.3 Å². The van der Waals surface area contributed by atoms with Crippen molar-refractivity contribution < 1.29 is 9.53 Å². The zero-order valence-electron chi connectivity index (χ0n) is 13.0. The number of nitrogens with one attached hydrogen (secondary N) is 1. The van der Waals surface area contributed by atoms with Gasteiger partial charge in [0.2, 0.25) is 5.91 Å². The van der Waals surface area contributed by atoms with Gasteiger partial charge in [-0.25, -0.2) is 4.68 Å². The summed E-state index contributed by atoms with van der Waals surface area (Å²) in [5.41, 5.74) is 1.22. The summed E-state index contributed by atoms with van der Waals surface area (Å²) in [6.07, 6.45) is 2.03. The van der Waals surface area contributed by atoms with Gasteiger partial charge in [0.25, 0.3) is 5.56 Å². The zero-order chi connectivity index (χ0) is 16.2. The molecule has 1 saturated carbocycles. The van der Waals surface area contributed by atoms with Gasteiger partial charge < -0.3 is 10.1 Å². The Kier molecular flexibility index (Phi) is 4.41. The predicted octanol–water partition coefficient (Wildman–Crippen LogP) is 1.59. The number of carbonyl (C=O) groups is 1. The molecule has 1 aromatic carbocycles. The lowest BCUT2D eigenvalue weighted by molar-refractivity contribution is -0.122. The van der Waals surface area contributed by atoms with Crippen molar-refractivity contribution in [3.05, 3.63) is 46.8 Å². The van der Waals surface area contributed by atoms with Gasteiger partial charge in [-0.05, 0) is 50.1 Å². The Morgan fingerprint density at radius 2 is 2.00 bits per heavy atom. The summed E-state index contributed by atoms with van der Waals surface area (Å²) < 4.78 is 6.60. The molecule has 2 aromatic rings. The Labute approximate surface area is 134 Å². The largest absolute Gasteiger partial charge is 0.494 e. The van der Waals surface area contributed by atoms with Crippen molar-refractivity contribution >= 4 is 5.91 Å². The number of benzene rings is 1. The molecule has 6 nitrogen and oxygen atoms in total. The summed E-state index contributed by atoms with van der Waals surface area (Å²) in [5, 5.41) is 7.14. The van der Waals surface area contributed by atoms with Gasteiger partial charge in [0, 0.05) is 17.7 Å². The molecule has 0 saturated heterocycles. The highest BCUT2D eigenvalue weighted by molar-refractivity contribution is 5.76. The van der Waals surface area contributed by atoms with E-state index in [1.807, 2.05) is 31.2 Å². The van der Waals surface area contributed by atoms with Gasteiger partial charge in [0.05, 0.1) is 12.3 Å². The summed E-state index contributed by atoms with van der Waals surface area (Å²) in [6, 6.07) is 10.8. The molecule has 1 heterocycles. The van der Waals surface area contributed by atoms with Crippen molar-refractivity contribution in [2.24, 2.45) is 0 Å². The van der Waals surface area contributed by atoms with E-state index in [4.69, 9.17) is 4.74 Å². The molecular formula is C17H19N3O3. The monoisotopic (exact) mass is 313 g/mol. The van der Waals surface area contributed by atoms with Crippen molar-refractivity contribution in [2.75, 3.05) is 6.61 Å². The topological polar surface area (TPSA) is 73.2 Å². The number of carbonyl (C=O) groups excluding carboxylic acids is 1. The summed E-state index contributed by atoms with van der Waals surface area (Å²) in [6.45, 7) is 2.48. The molecule has 0 bridgehead atoms. The molecule has 1 aliphatic carbocycles. The van der Waals surface area contributed by atoms with Crippen LogP contribution in [0.3, 0.4) is 0 Å². The van der Waals surface area contributed by atoms with Crippen LogP contribution >= 0.6 is 0 Å². The lowest BCUT2D eigenvalue weighted by atomic mass is 10.1. The number of rotatable bonds is 6. The highest BCUT2D eigenvalue weighted by Gasteiger charge is 2.23. The maximum Gasteiger partial charge on any atom is 0.267 e. The smallest absolute Gasteiger partial charge is 0.267 e. The van der Waals surface area contributed by atoms with Gasteiger partial charge >= 0.3 is 0 Å². The van der Waals surface area contributed by atoms with E-state index in [2.05, 4.69) is 10.4 Å². The van der Waals surface area contributed by atoms with E-state index >= 15 is 0 Å². The second-order valence-electron chi connectivity index (χ2n) is 5.51. The van der Waals surface area contributed by atoms with Crippen LogP contribution in [0.1, 0.15) is 19.8 Å². The number of ether oxygens (including phenoxy) is 1. The fourth-order valence-electron chi connectivity index (χ4n) is 2.24. The van der Waals surface area contributed by atoms with Crippen molar-refractivity contribution in [2.45, 2.75) is 32.4 Å². The number of amides is 1. The number of hydrogen-bond acceptors (Lipinski definition) is 4. The van der Waals surface area contributed by atoms with Crippen LogP contribution in [-0.2, 0) is 11.3 Å². The standard InChI is InChI=1S/C17H19N3O3/c1-2-23-14-7-3-12(4-8-14)15-9-10-17(22)20(19-15)11-16(21)18-13-5-6-13/h3-4,7-10,13H,2,5-6,11H2,1H3,(H,18,21). The first kappa shape index (κ1) is 15.3. The maximum atomic E-state index is 11.9. The molecule has 1 fully saturated rings. The zero-order valence-corrected chi connectivity index (χ0v) is 13.0. The van der Waals surface area contributed by atoms with Crippen LogP contribution < -0.4 is 15.6 Å². The lowest BCUT2D eigenvalue weighted by Gasteiger charge is -2.08. The molecule has 120 valence electrons. The number of nitrogens with zero attached hydrogens (tertiary/aromatic N) is 2. The molecule has 1 amide bonds. The second kappa shape index (κ2) is 6.64. The number of hydrogen-bond donors (Lipinski definition) is 1. The summed E-state index contributed by atoms with van der Waals surface area (Å²) >= 11 is 0. The molecule has 6 heteroatoms. The van der Waals surface area contributed by atoms with Crippen LogP contribution in [0.5, 0.6) is 5.75 Å². The van der Waals surface area contributed by atoms with E-state index in [0.717, 1.165) is 24.2 Å². The van der Waals surface area contributed by atoms with Crippen molar-refractivity contribution in [1.82, 2.24) is 15.1 Å². The summed E-state index contributed by atoms with van der Waals surface area (Å²) in [7, 11) is 0. The van der Waals surface area contributed by atoms with E-state index in [9.17, 15) is 9.59 Å². The predicted molar refractivity (Wildman–Crippen MR) is 86.3 cm³/mol. The molecule has 1 aliphatic rings. The van der Waals surface area contributed by atoms with E-state index in [-0.39, 0.29) is 24.1 Å². The van der Waals surface area contributed by atoms with Crippen LogP contribution in [0, 0.1) is 0 Å². The van der Waals surface area contributed by atoms with Gasteiger partial charge in [-0.2, -0.15) is 5.10 Å². The summed E-state index contributed by atoms with van der Waals surface area (Å²) in [4.78, 5) is 23.7. The van der Waals surface area contributed by atoms with Crippen LogP contribution in [0.25, 0.3) is 11.3 Å². The highest BCUT2D eigenvalue weighted by atomic mass is 16.5. The second-order valence-corrected chi connectivity index (χ2v) is 5.51. The third-order valence-electron chi connectivity index (χ3n) is 3.56. The Hall–Kier alpha value is -2.63. The average molecular weight is 313 g/mol. The van der Waals surface area contributed by atoms with E-state index in [1.54, 1.807) is 6.07 Å². The summed E-state index contributed by atoms with van der Waals surface area (Å²) in [5.74, 6) is 0.610. The van der Waals surface area contributed by atoms with Crippen LogP contribution in [-0.4, -0.2) is 28.3 Å². The minimum Gasteiger partial charge on any atom is -0.494 e. The van der Waals surface area contributed by atoms with Crippen molar-refractivity contribution in [1.29, 1.82) is 0 Å².